The topological polar surface area (TPSA) is 45.2 Å². The van der Waals surface area contributed by atoms with Crippen molar-refractivity contribution in [1.29, 1.82) is 0 Å². The van der Waals surface area contributed by atoms with Crippen LogP contribution in [-0.4, -0.2) is 17.4 Å². The summed E-state index contributed by atoms with van der Waals surface area (Å²) < 4.78 is 1.15. The van der Waals surface area contributed by atoms with E-state index in [1.807, 2.05) is 30.3 Å². The van der Waals surface area contributed by atoms with E-state index in [-0.39, 0.29) is 5.91 Å². The van der Waals surface area contributed by atoms with E-state index in [2.05, 4.69) is 57.7 Å². The number of thiazole rings is 1. The first-order valence-corrected chi connectivity index (χ1v) is 11.2. The highest BCUT2D eigenvalue weighted by atomic mass is 32.2. The standard InChI is InChI=1S/C23H19N3OS2/c27-22(24-15-23-25-16-7-1-4-10-19(16)29-23)13-14-26-17-8-2-5-11-20(17)28-21-12-6-3-9-18(21)26/h1-12H,13-15H2,(H,24,27). The molecule has 0 aliphatic carbocycles. The SMILES string of the molecule is O=C(CCN1c2ccccc2Sc2ccccc21)NCc1nc2ccccc2s1. The number of hydrogen-bond acceptors (Lipinski definition) is 5. The number of benzene rings is 3. The molecule has 5 rings (SSSR count). The van der Waals surface area contributed by atoms with Gasteiger partial charge in [0.25, 0.3) is 0 Å². The molecule has 1 amide bonds. The highest BCUT2D eigenvalue weighted by Crippen LogP contribution is 2.47. The Kier molecular flexibility index (Phi) is 4.96. The van der Waals surface area contributed by atoms with E-state index in [0.717, 1.165) is 26.6 Å². The van der Waals surface area contributed by atoms with Gasteiger partial charge < -0.3 is 10.2 Å². The molecule has 1 aliphatic rings. The largest absolute Gasteiger partial charge is 0.350 e. The van der Waals surface area contributed by atoms with Crippen LogP contribution in [0.3, 0.4) is 0 Å². The minimum atomic E-state index is 0.0393. The molecule has 6 heteroatoms. The zero-order valence-electron chi connectivity index (χ0n) is 15.7. The van der Waals surface area contributed by atoms with Gasteiger partial charge in [-0.1, -0.05) is 48.2 Å². The summed E-state index contributed by atoms with van der Waals surface area (Å²) in [6.45, 7) is 1.11. The van der Waals surface area contributed by atoms with Crippen LogP contribution >= 0.6 is 23.1 Å². The lowest BCUT2D eigenvalue weighted by atomic mass is 10.2. The molecule has 4 aromatic rings. The van der Waals surface area contributed by atoms with Gasteiger partial charge >= 0.3 is 0 Å². The number of para-hydroxylation sites is 3. The number of carbonyl (C=O) groups is 1. The molecule has 0 bridgehead atoms. The van der Waals surface area contributed by atoms with Crippen molar-refractivity contribution in [2.24, 2.45) is 0 Å². The van der Waals surface area contributed by atoms with Gasteiger partial charge in [0.05, 0.1) is 28.1 Å². The second kappa shape index (κ2) is 7.89. The van der Waals surface area contributed by atoms with Crippen molar-refractivity contribution in [2.75, 3.05) is 11.4 Å². The summed E-state index contributed by atoms with van der Waals surface area (Å²) in [7, 11) is 0. The summed E-state index contributed by atoms with van der Waals surface area (Å²) in [5, 5.41) is 3.96. The average molecular weight is 418 g/mol. The molecule has 0 saturated heterocycles. The molecule has 144 valence electrons. The van der Waals surface area contributed by atoms with Crippen molar-refractivity contribution in [3.05, 3.63) is 77.8 Å². The number of hydrogen-bond donors (Lipinski definition) is 1. The Bertz CT molecular complexity index is 1110. The van der Waals surface area contributed by atoms with E-state index in [4.69, 9.17) is 0 Å². The number of nitrogens with zero attached hydrogens (tertiary/aromatic N) is 2. The van der Waals surface area contributed by atoms with Crippen molar-refractivity contribution >= 4 is 50.6 Å². The average Bonchev–Trinajstić information content (AvgIpc) is 3.18. The van der Waals surface area contributed by atoms with Crippen molar-refractivity contribution in [3.8, 4) is 0 Å². The van der Waals surface area contributed by atoms with E-state index in [0.29, 0.717) is 19.5 Å². The number of amides is 1. The summed E-state index contributed by atoms with van der Waals surface area (Å²) in [5.41, 5.74) is 3.31. The number of aromatic nitrogens is 1. The first-order valence-electron chi connectivity index (χ1n) is 9.52. The van der Waals surface area contributed by atoms with Crippen LogP contribution in [0.5, 0.6) is 0 Å². The molecule has 29 heavy (non-hydrogen) atoms. The van der Waals surface area contributed by atoms with E-state index in [1.165, 1.54) is 9.79 Å². The summed E-state index contributed by atoms with van der Waals surface area (Å²) in [5.74, 6) is 0.0393. The predicted octanol–water partition coefficient (Wildman–Crippen LogP) is 5.61. The molecule has 2 heterocycles. The molecule has 0 saturated carbocycles. The fourth-order valence-electron chi connectivity index (χ4n) is 3.49. The molecule has 4 nitrogen and oxygen atoms in total. The molecule has 3 aromatic carbocycles. The van der Waals surface area contributed by atoms with Gasteiger partial charge in [-0.05, 0) is 36.4 Å². The Morgan fingerprint density at radius 1 is 0.897 bits per heavy atom. The molecule has 1 aromatic heterocycles. The van der Waals surface area contributed by atoms with Crippen LogP contribution in [0.4, 0.5) is 11.4 Å². The van der Waals surface area contributed by atoms with Crippen molar-refractivity contribution in [3.63, 3.8) is 0 Å². The van der Waals surface area contributed by atoms with Gasteiger partial charge in [0, 0.05) is 22.8 Å². The van der Waals surface area contributed by atoms with Crippen LogP contribution in [-0.2, 0) is 11.3 Å². The minimum Gasteiger partial charge on any atom is -0.350 e. The fraction of sp³-hybridized carbons (Fsp3) is 0.130. The first kappa shape index (κ1) is 18.2. The van der Waals surface area contributed by atoms with Gasteiger partial charge in [-0.15, -0.1) is 11.3 Å². The monoisotopic (exact) mass is 417 g/mol. The van der Waals surface area contributed by atoms with Crippen LogP contribution in [0.15, 0.2) is 82.6 Å². The highest BCUT2D eigenvalue weighted by Gasteiger charge is 2.23. The third-order valence-electron chi connectivity index (χ3n) is 4.87. The zero-order valence-corrected chi connectivity index (χ0v) is 17.3. The van der Waals surface area contributed by atoms with E-state index >= 15 is 0 Å². The van der Waals surface area contributed by atoms with Crippen molar-refractivity contribution in [2.45, 2.75) is 22.8 Å². The van der Waals surface area contributed by atoms with Gasteiger partial charge in [0.1, 0.15) is 5.01 Å². The lowest BCUT2D eigenvalue weighted by Gasteiger charge is -2.32. The maximum atomic E-state index is 12.5. The lowest BCUT2D eigenvalue weighted by Crippen LogP contribution is -2.29. The third-order valence-corrected chi connectivity index (χ3v) is 7.04. The second-order valence-corrected chi connectivity index (χ2v) is 8.99. The normalized spacial score (nSPS) is 12.5. The van der Waals surface area contributed by atoms with Gasteiger partial charge in [-0.25, -0.2) is 4.98 Å². The lowest BCUT2D eigenvalue weighted by molar-refractivity contribution is -0.121. The second-order valence-electron chi connectivity index (χ2n) is 6.79. The van der Waals surface area contributed by atoms with Crippen LogP contribution in [0, 0.1) is 0 Å². The summed E-state index contributed by atoms with van der Waals surface area (Å²) in [6, 6.07) is 24.8. The van der Waals surface area contributed by atoms with Crippen molar-refractivity contribution in [1.82, 2.24) is 10.3 Å². The summed E-state index contributed by atoms with van der Waals surface area (Å²) >= 11 is 3.41. The molecule has 1 N–H and O–H groups in total. The van der Waals surface area contributed by atoms with Gasteiger partial charge in [0.15, 0.2) is 0 Å². The van der Waals surface area contributed by atoms with E-state index < -0.39 is 0 Å². The van der Waals surface area contributed by atoms with Gasteiger partial charge in [-0.3, -0.25) is 4.79 Å². The number of nitrogens with one attached hydrogen (secondary N) is 1. The van der Waals surface area contributed by atoms with Crippen LogP contribution in [0.2, 0.25) is 0 Å². The van der Waals surface area contributed by atoms with Gasteiger partial charge in [0.2, 0.25) is 5.91 Å². The summed E-state index contributed by atoms with van der Waals surface area (Å²) in [6.07, 6.45) is 0.429. The number of anilines is 2. The maximum absolute atomic E-state index is 12.5. The fourth-order valence-corrected chi connectivity index (χ4v) is 5.50. The summed E-state index contributed by atoms with van der Waals surface area (Å²) in [4.78, 5) is 21.8. The Hall–Kier alpha value is -2.83. The predicted molar refractivity (Wildman–Crippen MR) is 120 cm³/mol. The van der Waals surface area contributed by atoms with Crippen LogP contribution in [0.25, 0.3) is 10.2 Å². The first-order chi connectivity index (χ1) is 14.3. The Morgan fingerprint density at radius 2 is 1.55 bits per heavy atom. The van der Waals surface area contributed by atoms with E-state index in [1.54, 1.807) is 23.1 Å². The van der Waals surface area contributed by atoms with Crippen LogP contribution < -0.4 is 10.2 Å². The smallest absolute Gasteiger partial charge is 0.222 e. The molecule has 1 aliphatic heterocycles. The molecular weight excluding hydrogens is 398 g/mol. The minimum absolute atomic E-state index is 0.0393. The quantitative estimate of drug-likeness (QED) is 0.459. The molecule has 0 atom stereocenters. The van der Waals surface area contributed by atoms with Gasteiger partial charge in [-0.2, -0.15) is 0 Å². The number of fused-ring (bicyclic) bond motifs is 3. The molecule has 0 fully saturated rings. The molecule has 0 unspecified atom stereocenters. The maximum Gasteiger partial charge on any atom is 0.222 e. The van der Waals surface area contributed by atoms with E-state index in [9.17, 15) is 4.79 Å². The number of carbonyl (C=O) groups excluding carboxylic acids is 1. The molecule has 0 radical (unpaired) electrons. The Balaban J connectivity index is 1.27. The third kappa shape index (κ3) is 3.73. The van der Waals surface area contributed by atoms with Crippen LogP contribution in [0.1, 0.15) is 11.4 Å². The number of rotatable bonds is 5. The van der Waals surface area contributed by atoms with Crippen molar-refractivity contribution < 1.29 is 4.79 Å². The highest BCUT2D eigenvalue weighted by molar-refractivity contribution is 7.99. The molecule has 0 spiro atoms. The Morgan fingerprint density at radius 3 is 2.28 bits per heavy atom. The Labute approximate surface area is 177 Å². The zero-order chi connectivity index (χ0) is 19.6. The molecular formula is C23H19N3OS2.